The van der Waals surface area contributed by atoms with E-state index in [2.05, 4.69) is 15.2 Å². The molecule has 4 aromatic rings. The highest BCUT2D eigenvalue weighted by Gasteiger charge is 2.35. The summed E-state index contributed by atoms with van der Waals surface area (Å²) in [5.41, 5.74) is 1.41. The van der Waals surface area contributed by atoms with Crippen LogP contribution in [0.25, 0.3) is 28.0 Å². The minimum Gasteiger partial charge on any atom is -0.444 e. The van der Waals surface area contributed by atoms with E-state index in [1.165, 1.54) is 0 Å². The number of pyridine rings is 2. The fraction of sp³-hybridized carbons (Fsp3) is 0.423. The van der Waals surface area contributed by atoms with E-state index >= 15 is 0 Å². The number of hydrogen-bond acceptors (Lipinski definition) is 7. The zero-order chi connectivity index (χ0) is 25.5. The lowest BCUT2D eigenvalue weighted by Crippen LogP contribution is -2.38. The molecule has 1 aliphatic heterocycles. The SMILES string of the molecule is Cn1cc(-c2cc3c(cn2)cnn3-c2cccc(C3(O)CCCN(C(=O)OC(C)(C)C)CC3)n2)cn1. The molecule has 5 rings (SSSR count). The van der Waals surface area contributed by atoms with Gasteiger partial charge in [0.2, 0.25) is 0 Å². The van der Waals surface area contributed by atoms with E-state index in [4.69, 9.17) is 9.72 Å². The van der Waals surface area contributed by atoms with Crippen LogP contribution in [0.15, 0.2) is 49.1 Å². The molecule has 1 saturated heterocycles. The van der Waals surface area contributed by atoms with Crippen LogP contribution < -0.4 is 0 Å². The summed E-state index contributed by atoms with van der Waals surface area (Å²) in [4.78, 5) is 23.6. The summed E-state index contributed by atoms with van der Waals surface area (Å²) in [6, 6.07) is 7.55. The van der Waals surface area contributed by atoms with Crippen LogP contribution in [0.1, 0.15) is 45.7 Å². The highest BCUT2D eigenvalue weighted by molar-refractivity contribution is 5.82. The van der Waals surface area contributed by atoms with Gasteiger partial charge in [0.05, 0.1) is 29.3 Å². The number of hydrogen-bond donors (Lipinski definition) is 1. The number of rotatable bonds is 3. The summed E-state index contributed by atoms with van der Waals surface area (Å²) >= 11 is 0. The van der Waals surface area contributed by atoms with Gasteiger partial charge in [0.25, 0.3) is 0 Å². The van der Waals surface area contributed by atoms with Gasteiger partial charge < -0.3 is 14.7 Å². The Hall–Kier alpha value is -3.79. The monoisotopic (exact) mass is 489 g/mol. The summed E-state index contributed by atoms with van der Waals surface area (Å²) in [5, 5.41) is 21.3. The molecule has 4 aromatic heterocycles. The molecule has 1 amide bonds. The number of fused-ring (bicyclic) bond motifs is 1. The van der Waals surface area contributed by atoms with Crippen LogP contribution in [-0.4, -0.2) is 64.3 Å². The van der Waals surface area contributed by atoms with Crippen LogP contribution in [0, 0.1) is 0 Å². The zero-order valence-corrected chi connectivity index (χ0v) is 21.0. The summed E-state index contributed by atoms with van der Waals surface area (Å²) in [6.45, 7) is 6.47. The fourth-order valence-corrected chi connectivity index (χ4v) is 4.50. The molecule has 1 N–H and O–H groups in total. The molecular formula is C26H31N7O3. The first-order valence-corrected chi connectivity index (χ1v) is 12.1. The topological polar surface area (TPSA) is 111 Å². The van der Waals surface area contributed by atoms with E-state index in [0.717, 1.165) is 22.2 Å². The smallest absolute Gasteiger partial charge is 0.410 e. The Morgan fingerprint density at radius 3 is 2.69 bits per heavy atom. The normalized spacial score (nSPS) is 18.9. The largest absolute Gasteiger partial charge is 0.444 e. The van der Waals surface area contributed by atoms with E-state index in [-0.39, 0.29) is 6.09 Å². The lowest BCUT2D eigenvalue weighted by molar-refractivity contribution is 0.0102. The molecule has 0 aromatic carbocycles. The molecule has 36 heavy (non-hydrogen) atoms. The Morgan fingerprint density at radius 2 is 1.94 bits per heavy atom. The van der Waals surface area contributed by atoms with Crippen molar-refractivity contribution in [3.63, 3.8) is 0 Å². The van der Waals surface area contributed by atoms with Crippen LogP contribution in [0.3, 0.4) is 0 Å². The molecule has 0 aliphatic carbocycles. The number of aromatic nitrogens is 6. The molecule has 0 saturated carbocycles. The number of nitrogens with zero attached hydrogens (tertiary/aromatic N) is 7. The molecule has 188 valence electrons. The standard InChI is InChI=1S/C26H31N7O3/c1-25(2,3)36-24(34)32-11-6-9-26(35,10-12-32)22-7-5-8-23(30-22)33-21-13-20(19-16-28-31(4)17-19)27-14-18(21)15-29-33/h5,7-8,13-17,35H,6,9-12H2,1-4H3. The number of aliphatic hydroxyl groups is 1. The zero-order valence-electron chi connectivity index (χ0n) is 21.0. The Morgan fingerprint density at radius 1 is 1.11 bits per heavy atom. The van der Waals surface area contributed by atoms with Gasteiger partial charge in [-0.1, -0.05) is 6.07 Å². The van der Waals surface area contributed by atoms with Crippen molar-refractivity contribution in [1.82, 2.24) is 34.4 Å². The third kappa shape index (κ3) is 4.81. The summed E-state index contributed by atoms with van der Waals surface area (Å²) in [5.74, 6) is 0.604. The average Bonchev–Trinajstić information content (AvgIpc) is 3.40. The predicted octanol–water partition coefficient (Wildman–Crippen LogP) is 3.82. The van der Waals surface area contributed by atoms with Gasteiger partial charge in [0.1, 0.15) is 11.2 Å². The highest BCUT2D eigenvalue weighted by atomic mass is 16.6. The molecule has 1 fully saturated rings. The van der Waals surface area contributed by atoms with E-state index in [9.17, 15) is 9.90 Å². The third-order valence-corrected chi connectivity index (χ3v) is 6.35. The van der Waals surface area contributed by atoms with Gasteiger partial charge >= 0.3 is 6.09 Å². The van der Waals surface area contributed by atoms with Crippen LogP contribution in [-0.2, 0) is 17.4 Å². The van der Waals surface area contributed by atoms with Gasteiger partial charge in [-0.25, -0.2) is 14.5 Å². The molecule has 1 atom stereocenters. The Kier molecular flexibility index (Phi) is 5.99. The van der Waals surface area contributed by atoms with Gasteiger partial charge in [-0.2, -0.15) is 10.2 Å². The van der Waals surface area contributed by atoms with Gasteiger partial charge in [0.15, 0.2) is 5.82 Å². The first-order valence-electron chi connectivity index (χ1n) is 12.1. The van der Waals surface area contributed by atoms with Crippen molar-refractivity contribution in [1.29, 1.82) is 0 Å². The van der Waals surface area contributed by atoms with Crippen LogP contribution in [0.2, 0.25) is 0 Å². The molecule has 0 spiro atoms. The van der Waals surface area contributed by atoms with Gasteiger partial charge in [-0.3, -0.25) is 9.67 Å². The van der Waals surface area contributed by atoms with Crippen molar-refractivity contribution < 1.29 is 14.6 Å². The molecule has 5 heterocycles. The minimum atomic E-state index is -1.15. The van der Waals surface area contributed by atoms with Gasteiger partial charge in [0, 0.05) is 43.5 Å². The van der Waals surface area contributed by atoms with Crippen molar-refractivity contribution in [2.45, 2.75) is 51.2 Å². The summed E-state index contributed by atoms with van der Waals surface area (Å²) in [7, 11) is 1.87. The lowest BCUT2D eigenvalue weighted by Gasteiger charge is -2.28. The van der Waals surface area contributed by atoms with E-state index in [1.54, 1.807) is 32.9 Å². The summed E-state index contributed by atoms with van der Waals surface area (Å²) < 4.78 is 9.02. The molecular weight excluding hydrogens is 458 g/mol. The van der Waals surface area contributed by atoms with Crippen LogP contribution in [0.5, 0.6) is 0 Å². The maximum Gasteiger partial charge on any atom is 0.410 e. The van der Waals surface area contributed by atoms with Crippen molar-refractivity contribution in [2.24, 2.45) is 7.05 Å². The van der Waals surface area contributed by atoms with Crippen LogP contribution >= 0.6 is 0 Å². The predicted molar refractivity (Wildman–Crippen MR) is 134 cm³/mol. The van der Waals surface area contributed by atoms with E-state index in [1.807, 2.05) is 58.3 Å². The molecule has 10 nitrogen and oxygen atoms in total. The lowest BCUT2D eigenvalue weighted by atomic mass is 9.90. The highest BCUT2D eigenvalue weighted by Crippen LogP contribution is 2.33. The molecule has 0 radical (unpaired) electrons. The van der Waals surface area contributed by atoms with Crippen molar-refractivity contribution in [3.8, 4) is 17.1 Å². The number of amides is 1. The van der Waals surface area contributed by atoms with Crippen LogP contribution in [0.4, 0.5) is 4.79 Å². The number of aryl methyl sites for hydroxylation is 1. The van der Waals surface area contributed by atoms with Crippen molar-refractivity contribution in [3.05, 3.63) is 54.7 Å². The maximum atomic E-state index is 12.6. The Balaban J connectivity index is 1.42. The molecule has 10 heteroatoms. The average molecular weight is 490 g/mol. The number of likely N-dealkylation sites (tertiary alicyclic amines) is 1. The second-order valence-electron chi connectivity index (χ2n) is 10.3. The second kappa shape index (κ2) is 9.02. The summed E-state index contributed by atoms with van der Waals surface area (Å²) in [6.07, 6.45) is 8.39. The second-order valence-corrected chi connectivity index (χ2v) is 10.3. The van der Waals surface area contributed by atoms with Gasteiger partial charge in [-0.05, 0) is 58.2 Å². The molecule has 1 aliphatic rings. The van der Waals surface area contributed by atoms with E-state index < -0.39 is 11.2 Å². The first-order chi connectivity index (χ1) is 17.1. The quantitative estimate of drug-likeness (QED) is 0.466. The minimum absolute atomic E-state index is 0.352. The van der Waals surface area contributed by atoms with E-state index in [0.29, 0.717) is 43.9 Å². The Labute approximate surface area is 209 Å². The van der Waals surface area contributed by atoms with Gasteiger partial charge in [-0.15, -0.1) is 0 Å². The molecule has 1 unspecified atom stereocenters. The molecule has 0 bridgehead atoms. The first kappa shape index (κ1) is 23.9. The van der Waals surface area contributed by atoms with Crippen molar-refractivity contribution >= 4 is 17.0 Å². The number of carbonyl (C=O) groups is 1. The Bertz CT molecular complexity index is 1400. The fourth-order valence-electron chi connectivity index (χ4n) is 4.50. The van der Waals surface area contributed by atoms with Crippen molar-refractivity contribution in [2.75, 3.05) is 13.1 Å². The maximum absolute atomic E-state index is 12.6. The third-order valence-electron chi connectivity index (χ3n) is 6.35. The number of carbonyl (C=O) groups excluding carboxylic acids is 1. The number of ether oxygens (including phenoxy) is 1.